The molecule has 2 N–H and O–H groups in total. The molecule has 1 aromatic carbocycles. The molecule has 0 saturated carbocycles. The van der Waals surface area contributed by atoms with E-state index in [1.165, 1.54) is 11.5 Å². The topological polar surface area (TPSA) is 61.0 Å². The van der Waals surface area contributed by atoms with Gasteiger partial charge in [-0.15, -0.1) is 0 Å². The van der Waals surface area contributed by atoms with Crippen molar-refractivity contribution in [2.24, 2.45) is 0 Å². The number of para-hydroxylation sites is 2. The van der Waals surface area contributed by atoms with Crippen molar-refractivity contribution >= 4 is 17.2 Å². The van der Waals surface area contributed by atoms with Gasteiger partial charge in [-0.1, -0.05) is 26.0 Å². The molecular weight excluding hydrogens is 222 g/mol. The maximum atomic E-state index is 5.77. The molecule has 1 aromatic heterocycles. The van der Waals surface area contributed by atoms with Crippen molar-refractivity contribution in [2.45, 2.75) is 19.8 Å². The van der Waals surface area contributed by atoms with Gasteiger partial charge < -0.3 is 10.5 Å². The lowest BCUT2D eigenvalue weighted by Gasteiger charge is -2.03. The van der Waals surface area contributed by atoms with Crippen LogP contribution in [0.15, 0.2) is 24.3 Å². The van der Waals surface area contributed by atoms with E-state index in [2.05, 4.69) is 9.36 Å². The Morgan fingerprint density at radius 1 is 1.31 bits per heavy atom. The van der Waals surface area contributed by atoms with Gasteiger partial charge in [-0.3, -0.25) is 0 Å². The Morgan fingerprint density at radius 3 is 2.69 bits per heavy atom. The fraction of sp³-hybridized carbons (Fsp3) is 0.273. The summed E-state index contributed by atoms with van der Waals surface area (Å²) in [6, 6.07) is 7.34. The van der Waals surface area contributed by atoms with Gasteiger partial charge in [0.1, 0.15) is 5.82 Å². The van der Waals surface area contributed by atoms with E-state index in [1.807, 2.05) is 32.0 Å². The minimum absolute atomic E-state index is 0.307. The molecule has 0 atom stereocenters. The number of nitrogens with two attached hydrogens (primary N) is 1. The van der Waals surface area contributed by atoms with E-state index in [9.17, 15) is 0 Å². The minimum atomic E-state index is 0.307. The number of anilines is 1. The highest BCUT2D eigenvalue weighted by atomic mass is 32.1. The predicted octanol–water partition coefficient (Wildman–Crippen LogP) is 3.04. The van der Waals surface area contributed by atoms with Crippen molar-refractivity contribution in [2.75, 3.05) is 5.73 Å². The van der Waals surface area contributed by atoms with Crippen LogP contribution >= 0.6 is 11.5 Å². The van der Waals surface area contributed by atoms with Gasteiger partial charge in [0.05, 0.1) is 5.69 Å². The van der Waals surface area contributed by atoms with Gasteiger partial charge >= 0.3 is 0 Å². The number of aromatic nitrogens is 2. The zero-order valence-electron chi connectivity index (χ0n) is 9.18. The molecule has 0 aliphatic heterocycles. The molecule has 2 aromatic rings. The quantitative estimate of drug-likeness (QED) is 0.831. The zero-order valence-corrected chi connectivity index (χ0v) is 9.99. The molecular formula is C11H13N3OS. The smallest absolute Gasteiger partial charge is 0.298 e. The second kappa shape index (κ2) is 4.49. The molecule has 4 nitrogen and oxygen atoms in total. The number of nitrogens with zero attached hydrogens (tertiary/aromatic N) is 2. The Balaban J connectivity index is 2.18. The third-order valence-corrected chi connectivity index (χ3v) is 2.66. The van der Waals surface area contributed by atoms with Crippen molar-refractivity contribution in [3.63, 3.8) is 0 Å². The summed E-state index contributed by atoms with van der Waals surface area (Å²) < 4.78 is 9.77. The van der Waals surface area contributed by atoms with Crippen LogP contribution in [-0.4, -0.2) is 9.36 Å². The summed E-state index contributed by atoms with van der Waals surface area (Å²) in [5, 5.41) is 0.529. The zero-order chi connectivity index (χ0) is 11.5. The summed E-state index contributed by atoms with van der Waals surface area (Å²) in [7, 11) is 0. The van der Waals surface area contributed by atoms with Crippen molar-refractivity contribution in [1.29, 1.82) is 0 Å². The number of nitrogen functional groups attached to an aromatic ring is 1. The van der Waals surface area contributed by atoms with Crippen molar-refractivity contribution in [3.05, 3.63) is 30.1 Å². The first-order valence-electron chi connectivity index (χ1n) is 5.03. The summed E-state index contributed by atoms with van der Waals surface area (Å²) in [6.07, 6.45) is 0. The molecule has 0 aliphatic carbocycles. The van der Waals surface area contributed by atoms with E-state index in [-0.39, 0.29) is 0 Å². The van der Waals surface area contributed by atoms with Crippen LogP contribution in [0, 0.1) is 0 Å². The Kier molecular flexibility index (Phi) is 3.05. The fourth-order valence-electron chi connectivity index (χ4n) is 1.16. The summed E-state index contributed by atoms with van der Waals surface area (Å²) in [5.74, 6) is 1.73. The first kappa shape index (κ1) is 10.9. The van der Waals surface area contributed by atoms with Gasteiger partial charge in [0.2, 0.25) is 0 Å². The molecule has 0 saturated heterocycles. The van der Waals surface area contributed by atoms with Crippen LogP contribution in [0.3, 0.4) is 0 Å². The molecule has 0 fully saturated rings. The molecule has 0 unspecified atom stereocenters. The maximum Gasteiger partial charge on any atom is 0.298 e. The average molecular weight is 235 g/mol. The van der Waals surface area contributed by atoms with E-state index in [0.717, 1.165) is 5.82 Å². The normalized spacial score (nSPS) is 10.7. The summed E-state index contributed by atoms with van der Waals surface area (Å²) in [4.78, 5) is 4.28. The summed E-state index contributed by atoms with van der Waals surface area (Å²) >= 11 is 1.24. The molecule has 5 heteroatoms. The second-order valence-corrected chi connectivity index (χ2v) is 4.43. The van der Waals surface area contributed by atoms with Gasteiger partial charge in [-0.25, -0.2) is 0 Å². The van der Waals surface area contributed by atoms with E-state index in [4.69, 9.17) is 10.5 Å². The van der Waals surface area contributed by atoms with Crippen LogP contribution in [-0.2, 0) is 0 Å². The van der Waals surface area contributed by atoms with Crippen LogP contribution in [0.1, 0.15) is 25.6 Å². The maximum absolute atomic E-state index is 5.77. The van der Waals surface area contributed by atoms with Gasteiger partial charge in [-0.2, -0.15) is 9.36 Å². The van der Waals surface area contributed by atoms with Gasteiger partial charge in [0.15, 0.2) is 5.75 Å². The minimum Gasteiger partial charge on any atom is -0.428 e. The number of benzene rings is 1. The van der Waals surface area contributed by atoms with Crippen LogP contribution in [0.4, 0.5) is 5.69 Å². The predicted molar refractivity (Wildman–Crippen MR) is 64.9 cm³/mol. The van der Waals surface area contributed by atoms with Crippen molar-refractivity contribution < 1.29 is 4.74 Å². The highest BCUT2D eigenvalue weighted by Gasteiger charge is 2.10. The first-order chi connectivity index (χ1) is 7.66. The third-order valence-electron chi connectivity index (χ3n) is 2.06. The lowest BCUT2D eigenvalue weighted by atomic mass is 10.2. The molecule has 0 amide bonds. The van der Waals surface area contributed by atoms with Crippen LogP contribution in [0.25, 0.3) is 0 Å². The molecule has 0 bridgehead atoms. The van der Waals surface area contributed by atoms with Gasteiger partial charge in [-0.05, 0) is 12.1 Å². The Morgan fingerprint density at radius 2 is 2.06 bits per heavy atom. The van der Waals surface area contributed by atoms with Crippen molar-refractivity contribution in [1.82, 2.24) is 9.36 Å². The SMILES string of the molecule is CC(C)c1nsc(Oc2ccccc2N)n1. The molecule has 1 heterocycles. The number of rotatable bonds is 3. The third kappa shape index (κ3) is 2.30. The molecule has 16 heavy (non-hydrogen) atoms. The largest absolute Gasteiger partial charge is 0.428 e. The van der Waals surface area contributed by atoms with E-state index in [1.54, 1.807) is 6.07 Å². The van der Waals surface area contributed by atoms with E-state index in [0.29, 0.717) is 22.5 Å². The summed E-state index contributed by atoms with van der Waals surface area (Å²) in [5.41, 5.74) is 6.37. The highest BCUT2D eigenvalue weighted by molar-refractivity contribution is 7.07. The van der Waals surface area contributed by atoms with E-state index >= 15 is 0 Å². The number of hydrogen-bond donors (Lipinski definition) is 1. The average Bonchev–Trinajstić information content (AvgIpc) is 2.70. The molecule has 84 valence electrons. The monoisotopic (exact) mass is 235 g/mol. The standard InChI is InChI=1S/C11H13N3OS/c1-7(2)10-13-11(16-14-10)15-9-6-4-3-5-8(9)12/h3-7H,12H2,1-2H3. The number of hydrogen-bond acceptors (Lipinski definition) is 5. The van der Waals surface area contributed by atoms with Crippen LogP contribution < -0.4 is 10.5 Å². The second-order valence-electron chi connectivity index (χ2n) is 3.71. The lowest BCUT2D eigenvalue weighted by Crippen LogP contribution is -1.92. The molecule has 0 radical (unpaired) electrons. The molecule has 2 rings (SSSR count). The van der Waals surface area contributed by atoms with E-state index < -0.39 is 0 Å². The summed E-state index contributed by atoms with van der Waals surface area (Å²) in [6.45, 7) is 4.09. The Hall–Kier alpha value is -1.62. The Labute approximate surface area is 98.3 Å². The van der Waals surface area contributed by atoms with Crippen LogP contribution in [0.5, 0.6) is 10.9 Å². The number of ether oxygens (including phenoxy) is 1. The fourth-order valence-corrected chi connectivity index (χ4v) is 1.85. The van der Waals surface area contributed by atoms with Gasteiger partial charge in [0, 0.05) is 17.5 Å². The molecule has 0 spiro atoms. The molecule has 0 aliphatic rings. The van der Waals surface area contributed by atoms with Crippen molar-refractivity contribution in [3.8, 4) is 10.9 Å². The Bertz CT molecular complexity index is 482. The van der Waals surface area contributed by atoms with Crippen LogP contribution in [0.2, 0.25) is 0 Å². The van der Waals surface area contributed by atoms with Gasteiger partial charge in [0.25, 0.3) is 5.19 Å². The lowest BCUT2D eigenvalue weighted by molar-refractivity contribution is 0.478. The highest BCUT2D eigenvalue weighted by Crippen LogP contribution is 2.28. The first-order valence-corrected chi connectivity index (χ1v) is 5.80.